The smallest absolute Gasteiger partial charge is 0.121 e. The average Bonchev–Trinajstić information content (AvgIpc) is 2.74. The topological polar surface area (TPSA) is 40.7 Å². The Hall–Kier alpha value is -1.61. The van der Waals surface area contributed by atoms with Crippen molar-refractivity contribution in [2.75, 3.05) is 6.54 Å². The summed E-state index contributed by atoms with van der Waals surface area (Å²) in [5, 5.41) is 3.46. The second-order valence-corrected chi connectivity index (χ2v) is 6.05. The van der Waals surface area contributed by atoms with E-state index in [4.69, 9.17) is 4.98 Å². The molecule has 1 aromatic carbocycles. The van der Waals surface area contributed by atoms with E-state index in [9.17, 15) is 0 Å². The Labute approximate surface area is 120 Å². The van der Waals surface area contributed by atoms with Crippen LogP contribution in [0.15, 0.2) is 24.3 Å². The number of H-pyrrole nitrogens is 1. The minimum atomic E-state index is 0.670. The number of imidazole rings is 1. The fourth-order valence-corrected chi connectivity index (χ4v) is 2.86. The lowest BCUT2D eigenvalue weighted by Gasteiger charge is -2.05. The zero-order chi connectivity index (χ0) is 13.9. The summed E-state index contributed by atoms with van der Waals surface area (Å²) in [7, 11) is 0. The molecule has 0 saturated heterocycles. The summed E-state index contributed by atoms with van der Waals surface area (Å²) in [4.78, 5) is 8.35. The van der Waals surface area contributed by atoms with Gasteiger partial charge >= 0.3 is 0 Å². The highest BCUT2D eigenvalue weighted by atomic mass is 15.0. The number of hydrogen-bond acceptors (Lipinski definition) is 2. The number of benzene rings is 1. The molecule has 0 bridgehead atoms. The van der Waals surface area contributed by atoms with E-state index < -0.39 is 0 Å². The van der Waals surface area contributed by atoms with E-state index in [1.807, 2.05) is 0 Å². The molecule has 0 fully saturated rings. The van der Waals surface area contributed by atoms with Gasteiger partial charge in [0, 0.05) is 11.3 Å². The van der Waals surface area contributed by atoms with Crippen molar-refractivity contribution in [1.29, 1.82) is 0 Å². The Morgan fingerprint density at radius 3 is 2.95 bits per heavy atom. The van der Waals surface area contributed by atoms with Gasteiger partial charge in [0.05, 0.1) is 12.2 Å². The normalized spacial score (nSPS) is 13.9. The van der Waals surface area contributed by atoms with Gasteiger partial charge in [0.1, 0.15) is 5.82 Å². The molecule has 2 N–H and O–H groups in total. The standard InChI is InChI=1S/C17H23N3/c1-12(2)10-18-11-16-19-15-9-5-7-13-6-3-4-8-14(13)17(15)20-16/h3-4,6,8,12,18H,5,7,9-11H2,1-2H3,(H,19,20). The first-order chi connectivity index (χ1) is 9.74. The van der Waals surface area contributed by atoms with Gasteiger partial charge in [-0.05, 0) is 37.3 Å². The van der Waals surface area contributed by atoms with Crippen LogP contribution in [0.3, 0.4) is 0 Å². The Kier molecular flexibility index (Phi) is 3.88. The third kappa shape index (κ3) is 2.78. The molecular weight excluding hydrogens is 246 g/mol. The summed E-state index contributed by atoms with van der Waals surface area (Å²) in [6.45, 7) is 6.30. The lowest BCUT2D eigenvalue weighted by molar-refractivity contribution is 0.544. The molecule has 20 heavy (non-hydrogen) atoms. The van der Waals surface area contributed by atoms with Gasteiger partial charge in [0.25, 0.3) is 0 Å². The van der Waals surface area contributed by atoms with E-state index >= 15 is 0 Å². The molecule has 1 aliphatic carbocycles. The molecule has 1 aromatic heterocycles. The first-order valence-electron chi connectivity index (χ1n) is 7.61. The maximum Gasteiger partial charge on any atom is 0.121 e. The zero-order valence-corrected chi connectivity index (χ0v) is 12.4. The van der Waals surface area contributed by atoms with E-state index in [0.29, 0.717) is 5.92 Å². The Morgan fingerprint density at radius 2 is 2.10 bits per heavy atom. The van der Waals surface area contributed by atoms with Crippen LogP contribution in [-0.4, -0.2) is 16.5 Å². The van der Waals surface area contributed by atoms with Gasteiger partial charge in [0.15, 0.2) is 0 Å². The lowest BCUT2D eigenvalue weighted by atomic mass is 10.0. The second kappa shape index (κ2) is 5.80. The molecule has 0 spiro atoms. The fraction of sp³-hybridized carbons (Fsp3) is 0.471. The number of aryl methyl sites for hydroxylation is 2. The van der Waals surface area contributed by atoms with Crippen molar-refractivity contribution in [2.24, 2.45) is 5.92 Å². The number of nitrogens with zero attached hydrogens (tertiary/aromatic N) is 1. The highest BCUT2D eigenvalue weighted by Crippen LogP contribution is 2.30. The second-order valence-electron chi connectivity index (χ2n) is 6.05. The molecule has 1 aliphatic rings. The number of nitrogens with one attached hydrogen (secondary N) is 2. The molecule has 3 nitrogen and oxygen atoms in total. The molecule has 0 amide bonds. The van der Waals surface area contributed by atoms with Crippen LogP contribution in [0.2, 0.25) is 0 Å². The van der Waals surface area contributed by atoms with E-state index in [2.05, 4.69) is 48.4 Å². The molecule has 2 aromatic rings. The van der Waals surface area contributed by atoms with Crippen LogP contribution in [0, 0.1) is 5.92 Å². The fourth-order valence-electron chi connectivity index (χ4n) is 2.86. The Morgan fingerprint density at radius 1 is 1.25 bits per heavy atom. The van der Waals surface area contributed by atoms with Crippen LogP contribution in [0.4, 0.5) is 0 Å². The van der Waals surface area contributed by atoms with Crippen molar-refractivity contribution >= 4 is 0 Å². The quantitative estimate of drug-likeness (QED) is 0.894. The minimum absolute atomic E-state index is 0.670. The highest BCUT2D eigenvalue weighted by molar-refractivity contribution is 5.67. The van der Waals surface area contributed by atoms with Crippen LogP contribution >= 0.6 is 0 Å². The SMILES string of the molecule is CC(C)CNCc1nc2c([nH]1)CCCc1ccccc1-2. The molecule has 0 saturated carbocycles. The number of hydrogen-bond donors (Lipinski definition) is 2. The summed E-state index contributed by atoms with van der Waals surface area (Å²) in [6, 6.07) is 8.67. The van der Waals surface area contributed by atoms with Crippen LogP contribution in [-0.2, 0) is 19.4 Å². The van der Waals surface area contributed by atoms with Crippen molar-refractivity contribution in [1.82, 2.24) is 15.3 Å². The summed E-state index contributed by atoms with van der Waals surface area (Å²) in [5.41, 5.74) is 5.21. The molecule has 0 unspecified atom stereocenters. The molecule has 0 atom stereocenters. The Balaban J connectivity index is 1.84. The number of aromatic amines is 1. The molecule has 1 heterocycles. The van der Waals surface area contributed by atoms with Gasteiger partial charge in [-0.1, -0.05) is 38.1 Å². The molecule has 3 heteroatoms. The van der Waals surface area contributed by atoms with Gasteiger partial charge < -0.3 is 10.3 Å². The highest BCUT2D eigenvalue weighted by Gasteiger charge is 2.18. The zero-order valence-electron chi connectivity index (χ0n) is 12.4. The van der Waals surface area contributed by atoms with E-state index in [1.165, 1.54) is 28.9 Å². The lowest BCUT2D eigenvalue weighted by Crippen LogP contribution is -2.19. The van der Waals surface area contributed by atoms with Crippen molar-refractivity contribution in [3.8, 4) is 11.3 Å². The van der Waals surface area contributed by atoms with Gasteiger partial charge in [-0.2, -0.15) is 0 Å². The van der Waals surface area contributed by atoms with Gasteiger partial charge in [-0.3, -0.25) is 0 Å². The van der Waals surface area contributed by atoms with Gasteiger partial charge in [0.2, 0.25) is 0 Å². The predicted octanol–water partition coefficient (Wildman–Crippen LogP) is 3.31. The first kappa shape index (κ1) is 13.4. The van der Waals surface area contributed by atoms with Crippen molar-refractivity contribution in [3.05, 3.63) is 41.3 Å². The molecular formula is C17H23N3. The average molecular weight is 269 g/mol. The minimum Gasteiger partial charge on any atom is -0.344 e. The van der Waals surface area contributed by atoms with Gasteiger partial charge in [-0.25, -0.2) is 4.98 Å². The number of rotatable bonds is 4. The molecule has 0 aliphatic heterocycles. The van der Waals surface area contributed by atoms with Crippen molar-refractivity contribution in [2.45, 2.75) is 39.7 Å². The maximum absolute atomic E-state index is 4.83. The Bertz CT molecular complexity index is 584. The van der Waals surface area contributed by atoms with Crippen molar-refractivity contribution in [3.63, 3.8) is 0 Å². The molecule has 3 rings (SSSR count). The summed E-state index contributed by atoms with van der Waals surface area (Å²) >= 11 is 0. The monoisotopic (exact) mass is 269 g/mol. The molecule has 106 valence electrons. The maximum atomic E-state index is 4.83. The summed E-state index contributed by atoms with van der Waals surface area (Å²) in [6.07, 6.45) is 3.45. The van der Waals surface area contributed by atoms with Crippen LogP contribution < -0.4 is 5.32 Å². The van der Waals surface area contributed by atoms with Crippen LogP contribution in [0.1, 0.15) is 37.4 Å². The summed E-state index contributed by atoms with van der Waals surface area (Å²) < 4.78 is 0. The van der Waals surface area contributed by atoms with Crippen LogP contribution in [0.25, 0.3) is 11.3 Å². The van der Waals surface area contributed by atoms with E-state index in [0.717, 1.165) is 31.8 Å². The first-order valence-corrected chi connectivity index (χ1v) is 7.61. The third-order valence-electron chi connectivity index (χ3n) is 3.82. The molecule has 0 radical (unpaired) electrons. The van der Waals surface area contributed by atoms with Gasteiger partial charge in [-0.15, -0.1) is 0 Å². The largest absolute Gasteiger partial charge is 0.344 e. The summed E-state index contributed by atoms with van der Waals surface area (Å²) in [5.74, 6) is 1.73. The predicted molar refractivity (Wildman–Crippen MR) is 82.6 cm³/mol. The van der Waals surface area contributed by atoms with E-state index in [1.54, 1.807) is 0 Å². The number of aromatic nitrogens is 2. The van der Waals surface area contributed by atoms with Crippen molar-refractivity contribution < 1.29 is 0 Å². The van der Waals surface area contributed by atoms with Crippen LogP contribution in [0.5, 0.6) is 0 Å². The number of fused-ring (bicyclic) bond motifs is 3. The van der Waals surface area contributed by atoms with E-state index in [-0.39, 0.29) is 0 Å². The third-order valence-corrected chi connectivity index (χ3v) is 3.82.